The lowest BCUT2D eigenvalue weighted by atomic mass is 10.0. The van der Waals surface area contributed by atoms with Gasteiger partial charge in [-0.3, -0.25) is 9.59 Å². The summed E-state index contributed by atoms with van der Waals surface area (Å²) in [6, 6.07) is -0.626. The van der Waals surface area contributed by atoms with Crippen molar-refractivity contribution in [3.8, 4) is 0 Å². The molecule has 0 aliphatic carbocycles. The molecule has 0 rings (SSSR count). The summed E-state index contributed by atoms with van der Waals surface area (Å²) in [6.45, 7) is 4.85. The third-order valence-corrected chi connectivity index (χ3v) is 12.2. The molecule has 0 bridgehead atoms. The van der Waals surface area contributed by atoms with E-state index in [0.29, 0.717) is 19.4 Å². The molecule has 0 aliphatic rings. The summed E-state index contributed by atoms with van der Waals surface area (Å²) in [5.74, 6) is -0.0702. The molecule has 2 unspecified atom stereocenters. The summed E-state index contributed by atoms with van der Waals surface area (Å²) in [7, 11) is 0. The molecule has 6 heteroatoms. The predicted octanol–water partition coefficient (Wildman–Crippen LogP) is 15.9. The number of ether oxygens (including phenoxy) is 1. The van der Waals surface area contributed by atoms with Gasteiger partial charge in [0.15, 0.2) is 0 Å². The fraction of sp³-hybridized carbons (Fsp3) is 0.889. The van der Waals surface area contributed by atoms with Gasteiger partial charge in [-0.1, -0.05) is 237 Å². The van der Waals surface area contributed by atoms with Crippen LogP contribution in [-0.4, -0.2) is 47.4 Å². The van der Waals surface area contributed by atoms with E-state index in [4.69, 9.17) is 4.74 Å². The van der Waals surface area contributed by atoms with Crippen molar-refractivity contribution in [3.05, 3.63) is 24.3 Å². The molecular formula is C54H103NO5. The Bertz CT molecular complexity index is 935. The molecule has 1 amide bonds. The van der Waals surface area contributed by atoms with Gasteiger partial charge in [0.2, 0.25) is 5.91 Å². The van der Waals surface area contributed by atoms with Crippen molar-refractivity contribution in [1.29, 1.82) is 0 Å². The average molecular weight is 846 g/mol. The molecule has 0 radical (unpaired) electrons. The van der Waals surface area contributed by atoms with Gasteiger partial charge in [-0.15, -0.1) is 0 Å². The van der Waals surface area contributed by atoms with Crippen LogP contribution in [0.3, 0.4) is 0 Å². The van der Waals surface area contributed by atoms with Crippen LogP contribution in [0.5, 0.6) is 0 Å². The zero-order chi connectivity index (χ0) is 43.7. The Hall–Kier alpha value is -1.66. The molecule has 0 aromatic heterocycles. The third-order valence-electron chi connectivity index (χ3n) is 12.2. The van der Waals surface area contributed by atoms with Crippen molar-refractivity contribution in [2.75, 3.05) is 13.2 Å². The van der Waals surface area contributed by atoms with E-state index in [1.165, 1.54) is 212 Å². The van der Waals surface area contributed by atoms with Crippen LogP contribution in [-0.2, 0) is 14.3 Å². The molecule has 0 saturated carbocycles. The molecule has 2 atom stereocenters. The summed E-state index contributed by atoms with van der Waals surface area (Å²) in [4.78, 5) is 24.4. The van der Waals surface area contributed by atoms with Crippen LogP contribution in [0.25, 0.3) is 0 Å². The average Bonchev–Trinajstić information content (AvgIpc) is 3.25. The van der Waals surface area contributed by atoms with Crippen molar-refractivity contribution in [1.82, 2.24) is 5.32 Å². The Labute approximate surface area is 373 Å². The topological polar surface area (TPSA) is 95.9 Å². The van der Waals surface area contributed by atoms with Gasteiger partial charge in [0.05, 0.1) is 25.4 Å². The van der Waals surface area contributed by atoms with Crippen LogP contribution in [0.15, 0.2) is 24.3 Å². The number of carbonyl (C=O) groups is 2. The van der Waals surface area contributed by atoms with Crippen LogP contribution >= 0.6 is 0 Å². The van der Waals surface area contributed by atoms with Gasteiger partial charge < -0.3 is 20.3 Å². The van der Waals surface area contributed by atoms with Crippen LogP contribution in [0.1, 0.15) is 284 Å². The molecule has 60 heavy (non-hydrogen) atoms. The predicted molar refractivity (Wildman–Crippen MR) is 260 cm³/mol. The second-order valence-electron chi connectivity index (χ2n) is 18.2. The molecule has 6 nitrogen and oxygen atoms in total. The van der Waals surface area contributed by atoms with Gasteiger partial charge in [-0.2, -0.15) is 0 Å². The first kappa shape index (κ1) is 58.3. The van der Waals surface area contributed by atoms with Gasteiger partial charge in [-0.05, 0) is 57.8 Å². The monoisotopic (exact) mass is 846 g/mol. The maximum atomic E-state index is 12.4. The smallest absolute Gasteiger partial charge is 0.305 e. The zero-order valence-corrected chi connectivity index (χ0v) is 40.2. The lowest BCUT2D eigenvalue weighted by molar-refractivity contribution is -0.143. The molecule has 0 aromatic carbocycles. The minimum atomic E-state index is -0.842. The van der Waals surface area contributed by atoms with Crippen LogP contribution in [0.4, 0.5) is 0 Å². The normalized spacial score (nSPS) is 12.8. The van der Waals surface area contributed by atoms with Crippen LogP contribution in [0, 0.1) is 0 Å². The number of unbranched alkanes of at least 4 members (excludes halogenated alkanes) is 36. The second-order valence-corrected chi connectivity index (χ2v) is 18.2. The molecule has 0 saturated heterocycles. The standard InChI is InChI=1S/C54H103NO5/c1-3-5-7-9-11-13-14-24-28-32-36-40-44-48-54(59)60-49-45-41-37-33-29-26-23-21-19-17-15-16-18-20-22-25-27-31-35-39-43-47-53(58)55-51(50-56)52(57)46-42-38-34-30-12-10-8-6-4-2/h13-14,42,46,51-52,56-57H,3-12,15-41,43-45,47-50H2,1-2H3,(H,55,58)/b14-13-,46-42+. The number of carbonyl (C=O) groups excluding carboxylic acids is 2. The fourth-order valence-electron chi connectivity index (χ4n) is 8.10. The Morgan fingerprint density at radius 2 is 0.783 bits per heavy atom. The van der Waals surface area contributed by atoms with E-state index in [1.807, 2.05) is 6.08 Å². The highest BCUT2D eigenvalue weighted by molar-refractivity contribution is 5.76. The molecule has 354 valence electrons. The molecular weight excluding hydrogens is 743 g/mol. The highest BCUT2D eigenvalue weighted by Crippen LogP contribution is 2.16. The van der Waals surface area contributed by atoms with Gasteiger partial charge in [-0.25, -0.2) is 0 Å². The minimum absolute atomic E-state index is 0.00163. The number of aliphatic hydroxyl groups is 2. The largest absolute Gasteiger partial charge is 0.466 e. The molecule has 3 N–H and O–H groups in total. The molecule has 0 heterocycles. The van der Waals surface area contributed by atoms with Gasteiger partial charge in [0, 0.05) is 12.8 Å². The summed E-state index contributed by atoms with van der Waals surface area (Å²) >= 11 is 0. The minimum Gasteiger partial charge on any atom is -0.466 e. The summed E-state index contributed by atoms with van der Waals surface area (Å²) in [5, 5.41) is 22.9. The third kappa shape index (κ3) is 45.9. The van der Waals surface area contributed by atoms with Crippen molar-refractivity contribution < 1.29 is 24.5 Å². The van der Waals surface area contributed by atoms with E-state index in [-0.39, 0.29) is 18.5 Å². The lowest BCUT2D eigenvalue weighted by Gasteiger charge is -2.20. The zero-order valence-electron chi connectivity index (χ0n) is 40.2. The maximum absolute atomic E-state index is 12.4. The van der Waals surface area contributed by atoms with E-state index in [9.17, 15) is 19.8 Å². The quantitative estimate of drug-likeness (QED) is 0.0322. The Balaban J connectivity index is 3.38. The van der Waals surface area contributed by atoms with Crippen molar-refractivity contribution in [2.24, 2.45) is 0 Å². The van der Waals surface area contributed by atoms with Crippen molar-refractivity contribution >= 4 is 11.9 Å². The van der Waals surface area contributed by atoms with Gasteiger partial charge in [0.1, 0.15) is 0 Å². The number of aliphatic hydroxyl groups excluding tert-OH is 2. The van der Waals surface area contributed by atoms with E-state index < -0.39 is 12.1 Å². The van der Waals surface area contributed by atoms with Crippen molar-refractivity contribution in [3.63, 3.8) is 0 Å². The van der Waals surface area contributed by atoms with Gasteiger partial charge in [0.25, 0.3) is 0 Å². The number of esters is 1. The fourth-order valence-corrected chi connectivity index (χ4v) is 8.10. The first-order chi connectivity index (χ1) is 29.5. The second kappa shape index (κ2) is 50.0. The Morgan fingerprint density at radius 1 is 0.450 bits per heavy atom. The molecule has 0 aliphatic heterocycles. The molecule has 0 aromatic rings. The molecule has 0 fully saturated rings. The highest BCUT2D eigenvalue weighted by atomic mass is 16.5. The number of allylic oxidation sites excluding steroid dienone is 3. The first-order valence-corrected chi connectivity index (χ1v) is 26.6. The summed E-state index contributed by atoms with van der Waals surface area (Å²) < 4.78 is 5.46. The van der Waals surface area contributed by atoms with E-state index in [2.05, 4.69) is 31.3 Å². The van der Waals surface area contributed by atoms with Crippen LogP contribution < -0.4 is 5.32 Å². The Kier molecular flexibility index (Phi) is 48.6. The first-order valence-electron chi connectivity index (χ1n) is 26.6. The summed E-state index contributed by atoms with van der Waals surface area (Å²) in [6.07, 6.45) is 59.1. The number of nitrogens with one attached hydrogen (secondary N) is 1. The number of hydrogen-bond acceptors (Lipinski definition) is 5. The van der Waals surface area contributed by atoms with E-state index in [0.717, 1.165) is 44.9 Å². The highest BCUT2D eigenvalue weighted by Gasteiger charge is 2.18. The lowest BCUT2D eigenvalue weighted by Crippen LogP contribution is -2.45. The number of hydrogen-bond donors (Lipinski definition) is 3. The Morgan fingerprint density at radius 3 is 1.20 bits per heavy atom. The van der Waals surface area contributed by atoms with E-state index in [1.54, 1.807) is 6.08 Å². The molecule has 0 spiro atoms. The van der Waals surface area contributed by atoms with Gasteiger partial charge >= 0.3 is 5.97 Å². The van der Waals surface area contributed by atoms with Crippen molar-refractivity contribution in [2.45, 2.75) is 296 Å². The van der Waals surface area contributed by atoms with Crippen LogP contribution in [0.2, 0.25) is 0 Å². The number of amides is 1. The maximum Gasteiger partial charge on any atom is 0.305 e. The summed E-state index contributed by atoms with van der Waals surface area (Å²) in [5.41, 5.74) is 0. The number of rotatable bonds is 49. The van der Waals surface area contributed by atoms with E-state index >= 15 is 0 Å². The SMILES string of the molecule is CCCCCC/C=C\CCCCCCCC(=O)OCCCCCCCCCCCCCCCCCCCCCCCC(=O)NC(CO)C(O)/C=C/CCCCCCCCC.